The lowest BCUT2D eigenvalue weighted by molar-refractivity contribution is 0.254. The maximum absolute atomic E-state index is 5.78. The van der Waals surface area contributed by atoms with Gasteiger partial charge in [0.05, 0.1) is 0 Å². The summed E-state index contributed by atoms with van der Waals surface area (Å²) in [5.74, 6) is 1.01. The van der Waals surface area contributed by atoms with Crippen LogP contribution >= 0.6 is 0 Å². The summed E-state index contributed by atoms with van der Waals surface area (Å²) < 4.78 is 5.59. The van der Waals surface area contributed by atoms with E-state index in [1.54, 1.807) is 0 Å². The largest absolute Gasteiger partial charge is 0.490 e. The molecule has 1 aromatic rings. The van der Waals surface area contributed by atoms with E-state index in [4.69, 9.17) is 10.5 Å². The molecule has 0 spiro atoms. The first-order chi connectivity index (χ1) is 5.66. The molecule has 1 atom stereocenters. The summed E-state index contributed by atoms with van der Waals surface area (Å²) in [6.07, 6.45) is 1.29. The second-order valence-electron chi connectivity index (χ2n) is 3.45. The van der Waals surface area contributed by atoms with Gasteiger partial charge < -0.3 is 10.5 Å². The maximum atomic E-state index is 5.78. The van der Waals surface area contributed by atoms with E-state index < -0.39 is 0 Å². The molecule has 0 fully saturated rings. The minimum Gasteiger partial charge on any atom is -0.490 e. The lowest BCUT2D eigenvalue weighted by Crippen LogP contribution is -2.05. The van der Waals surface area contributed by atoms with Crippen molar-refractivity contribution in [2.75, 3.05) is 5.73 Å². The molecular weight excluding hydrogens is 150 g/mol. The first kappa shape index (κ1) is 7.47. The molecule has 0 bridgehead atoms. The van der Waals surface area contributed by atoms with Crippen LogP contribution in [0.15, 0.2) is 12.1 Å². The van der Waals surface area contributed by atoms with Crippen molar-refractivity contribution in [2.45, 2.75) is 26.4 Å². The summed E-state index contributed by atoms with van der Waals surface area (Å²) in [4.78, 5) is 0. The van der Waals surface area contributed by atoms with Crippen LogP contribution in [-0.4, -0.2) is 6.10 Å². The summed E-state index contributed by atoms with van der Waals surface area (Å²) in [6, 6.07) is 4.04. The average molecular weight is 163 g/mol. The molecule has 2 heteroatoms. The number of aryl methyl sites for hydroxylation is 1. The van der Waals surface area contributed by atoms with E-state index in [1.165, 1.54) is 5.56 Å². The van der Waals surface area contributed by atoms with Crippen molar-refractivity contribution in [3.8, 4) is 5.75 Å². The number of anilines is 1. The molecule has 0 aliphatic carbocycles. The number of hydrogen-bond acceptors (Lipinski definition) is 2. The van der Waals surface area contributed by atoms with E-state index in [2.05, 4.69) is 6.92 Å². The quantitative estimate of drug-likeness (QED) is 0.593. The highest BCUT2D eigenvalue weighted by atomic mass is 16.5. The fourth-order valence-corrected chi connectivity index (χ4v) is 1.58. The molecule has 64 valence electrons. The summed E-state index contributed by atoms with van der Waals surface area (Å²) >= 11 is 0. The van der Waals surface area contributed by atoms with Crippen LogP contribution in [0.25, 0.3) is 0 Å². The third kappa shape index (κ3) is 1.04. The zero-order valence-electron chi connectivity index (χ0n) is 7.42. The zero-order valence-corrected chi connectivity index (χ0v) is 7.42. The van der Waals surface area contributed by atoms with Crippen LogP contribution < -0.4 is 10.5 Å². The van der Waals surface area contributed by atoms with Crippen LogP contribution in [0.1, 0.15) is 18.1 Å². The minimum absolute atomic E-state index is 0.307. The van der Waals surface area contributed by atoms with Crippen LogP contribution in [0.2, 0.25) is 0 Å². The summed E-state index contributed by atoms with van der Waals surface area (Å²) in [5.41, 5.74) is 8.99. The van der Waals surface area contributed by atoms with Crippen molar-refractivity contribution in [3.63, 3.8) is 0 Å². The van der Waals surface area contributed by atoms with Gasteiger partial charge in [-0.25, -0.2) is 0 Å². The van der Waals surface area contributed by atoms with Gasteiger partial charge in [-0.3, -0.25) is 0 Å². The third-order valence-electron chi connectivity index (χ3n) is 2.28. The summed E-state index contributed by atoms with van der Waals surface area (Å²) in [6.45, 7) is 4.08. The first-order valence-corrected chi connectivity index (χ1v) is 4.22. The third-order valence-corrected chi connectivity index (χ3v) is 2.28. The Morgan fingerprint density at radius 1 is 1.50 bits per heavy atom. The van der Waals surface area contributed by atoms with Gasteiger partial charge in [0.1, 0.15) is 11.9 Å². The van der Waals surface area contributed by atoms with E-state index in [0.29, 0.717) is 6.10 Å². The van der Waals surface area contributed by atoms with E-state index >= 15 is 0 Å². The van der Waals surface area contributed by atoms with E-state index in [1.807, 2.05) is 19.1 Å². The first-order valence-electron chi connectivity index (χ1n) is 4.22. The highest BCUT2D eigenvalue weighted by Gasteiger charge is 2.19. The lowest BCUT2D eigenvalue weighted by atomic mass is 10.1. The molecule has 2 rings (SSSR count). The number of nitrogens with two attached hydrogens (primary N) is 1. The van der Waals surface area contributed by atoms with Gasteiger partial charge >= 0.3 is 0 Å². The Balaban J connectivity index is 2.48. The van der Waals surface area contributed by atoms with Crippen molar-refractivity contribution in [1.29, 1.82) is 0 Å². The van der Waals surface area contributed by atoms with Crippen LogP contribution in [0.3, 0.4) is 0 Å². The number of fused-ring (bicyclic) bond motifs is 1. The predicted molar refractivity (Wildman–Crippen MR) is 49.4 cm³/mol. The van der Waals surface area contributed by atoms with Crippen molar-refractivity contribution >= 4 is 5.69 Å². The molecule has 12 heavy (non-hydrogen) atoms. The van der Waals surface area contributed by atoms with Crippen molar-refractivity contribution in [3.05, 3.63) is 23.3 Å². The molecule has 1 unspecified atom stereocenters. The van der Waals surface area contributed by atoms with Crippen LogP contribution in [-0.2, 0) is 6.42 Å². The van der Waals surface area contributed by atoms with Crippen molar-refractivity contribution in [2.24, 2.45) is 0 Å². The Bertz CT molecular complexity index is 289. The summed E-state index contributed by atoms with van der Waals surface area (Å²) in [7, 11) is 0. The second kappa shape index (κ2) is 2.41. The van der Waals surface area contributed by atoms with Gasteiger partial charge in [0.2, 0.25) is 0 Å². The zero-order chi connectivity index (χ0) is 8.72. The van der Waals surface area contributed by atoms with Gasteiger partial charge in [-0.15, -0.1) is 0 Å². The lowest BCUT2D eigenvalue weighted by Gasteiger charge is -2.04. The van der Waals surface area contributed by atoms with E-state index in [-0.39, 0.29) is 0 Å². The molecule has 0 saturated carbocycles. The van der Waals surface area contributed by atoms with Gasteiger partial charge in [0.15, 0.2) is 0 Å². The molecular formula is C10H13NO. The molecule has 1 aliphatic heterocycles. The standard InChI is InChI=1S/C10H13NO/c1-6-3-10-8(5-9(6)11)4-7(2)12-10/h3,5,7H,4,11H2,1-2H3. The highest BCUT2D eigenvalue weighted by Crippen LogP contribution is 2.32. The minimum atomic E-state index is 0.307. The Labute approximate surface area is 72.3 Å². The smallest absolute Gasteiger partial charge is 0.123 e. The van der Waals surface area contributed by atoms with Crippen LogP contribution in [0.5, 0.6) is 5.75 Å². The van der Waals surface area contributed by atoms with Gasteiger partial charge in [0, 0.05) is 12.1 Å². The summed E-state index contributed by atoms with van der Waals surface area (Å²) in [5, 5.41) is 0. The fraction of sp³-hybridized carbons (Fsp3) is 0.400. The van der Waals surface area contributed by atoms with E-state index in [0.717, 1.165) is 23.4 Å². The Hall–Kier alpha value is -1.18. The van der Waals surface area contributed by atoms with Gasteiger partial charge in [-0.2, -0.15) is 0 Å². The molecule has 0 amide bonds. The van der Waals surface area contributed by atoms with Gasteiger partial charge in [0.25, 0.3) is 0 Å². The molecule has 0 radical (unpaired) electrons. The normalized spacial score (nSPS) is 20.3. The number of hydrogen-bond donors (Lipinski definition) is 1. The molecule has 1 aliphatic rings. The monoisotopic (exact) mass is 163 g/mol. The number of rotatable bonds is 0. The highest BCUT2D eigenvalue weighted by molar-refractivity contribution is 5.55. The van der Waals surface area contributed by atoms with Gasteiger partial charge in [-0.1, -0.05) is 0 Å². The Morgan fingerprint density at radius 2 is 2.25 bits per heavy atom. The van der Waals surface area contributed by atoms with Gasteiger partial charge in [-0.05, 0) is 37.1 Å². The number of benzene rings is 1. The fourth-order valence-electron chi connectivity index (χ4n) is 1.58. The van der Waals surface area contributed by atoms with Crippen molar-refractivity contribution < 1.29 is 4.74 Å². The molecule has 1 aromatic carbocycles. The predicted octanol–water partition coefficient (Wildman–Crippen LogP) is 1.90. The second-order valence-corrected chi connectivity index (χ2v) is 3.45. The Kier molecular flexibility index (Phi) is 1.50. The molecule has 0 aromatic heterocycles. The maximum Gasteiger partial charge on any atom is 0.123 e. The SMILES string of the molecule is Cc1cc2c(cc1N)CC(C)O2. The molecule has 1 heterocycles. The Morgan fingerprint density at radius 3 is 3.00 bits per heavy atom. The topological polar surface area (TPSA) is 35.2 Å². The van der Waals surface area contributed by atoms with Crippen LogP contribution in [0.4, 0.5) is 5.69 Å². The molecule has 2 N–H and O–H groups in total. The van der Waals surface area contributed by atoms with E-state index in [9.17, 15) is 0 Å². The van der Waals surface area contributed by atoms with Crippen molar-refractivity contribution in [1.82, 2.24) is 0 Å². The number of nitrogen functional groups attached to an aromatic ring is 1. The molecule has 2 nitrogen and oxygen atoms in total. The van der Waals surface area contributed by atoms with Crippen LogP contribution in [0, 0.1) is 6.92 Å². The molecule has 0 saturated heterocycles. The number of ether oxygens (including phenoxy) is 1. The average Bonchev–Trinajstić information content (AvgIpc) is 2.30.